The minimum Gasteiger partial charge on any atom is -0.482 e. The van der Waals surface area contributed by atoms with E-state index in [0.717, 1.165) is 11.1 Å². The minimum absolute atomic E-state index is 0.280. The maximum atomic E-state index is 13.0. The molecular weight excluding hydrogens is 400 g/mol. The third-order valence-electron chi connectivity index (χ3n) is 4.97. The van der Waals surface area contributed by atoms with E-state index in [0.29, 0.717) is 16.9 Å². The largest absolute Gasteiger partial charge is 0.482 e. The van der Waals surface area contributed by atoms with E-state index in [4.69, 9.17) is 9.47 Å². The summed E-state index contributed by atoms with van der Waals surface area (Å²) in [5, 5.41) is 0. The Morgan fingerprint density at radius 1 is 0.625 bits per heavy atom. The van der Waals surface area contributed by atoms with E-state index in [1.165, 1.54) is 0 Å². The van der Waals surface area contributed by atoms with Gasteiger partial charge in [-0.05, 0) is 23.3 Å². The lowest BCUT2D eigenvalue weighted by Crippen LogP contribution is -2.23. The van der Waals surface area contributed by atoms with Crippen LogP contribution in [0.25, 0.3) is 11.1 Å². The molecule has 4 heteroatoms. The monoisotopic (exact) mass is 422 g/mol. The molecule has 0 aliphatic heterocycles. The summed E-state index contributed by atoms with van der Waals surface area (Å²) in [5.74, 6) is -0.347. The van der Waals surface area contributed by atoms with Crippen LogP contribution in [0.15, 0.2) is 115 Å². The van der Waals surface area contributed by atoms with Crippen LogP contribution in [0.5, 0.6) is 5.75 Å². The van der Waals surface area contributed by atoms with E-state index >= 15 is 0 Å². The van der Waals surface area contributed by atoms with E-state index in [9.17, 15) is 9.59 Å². The zero-order valence-corrected chi connectivity index (χ0v) is 17.4. The van der Waals surface area contributed by atoms with Crippen LogP contribution in [0.4, 0.5) is 0 Å². The van der Waals surface area contributed by atoms with Gasteiger partial charge in [-0.15, -0.1) is 0 Å². The van der Waals surface area contributed by atoms with Crippen LogP contribution < -0.4 is 4.74 Å². The van der Waals surface area contributed by atoms with E-state index in [1.807, 2.05) is 54.6 Å². The van der Waals surface area contributed by atoms with Crippen LogP contribution in [0, 0.1) is 0 Å². The molecule has 0 fully saturated rings. The molecule has 4 aromatic carbocycles. The van der Waals surface area contributed by atoms with Crippen molar-refractivity contribution < 1.29 is 19.1 Å². The van der Waals surface area contributed by atoms with Crippen molar-refractivity contribution >= 4 is 11.8 Å². The predicted octanol–water partition coefficient (Wildman–Crippen LogP) is 5.90. The van der Waals surface area contributed by atoms with Crippen LogP contribution in [0.1, 0.15) is 22.0 Å². The number of ether oxygens (including phenoxy) is 2. The lowest BCUT2D eigenvalue weighted by Gasteiger charge is -2.17. The van der Waals surface area contributed by atoms with Crippen molar-refractivity contribution in [1.82, 2.24) is 0 Å². The molecule has 0 saturated carbocycles. The minimum atomic E-state index is -1.03. The highest BCUT2D eigenvalue weighted by Gasteiger charge is 2.26. The second-order valence-electron chi connectivity index (χ2n) is 7.19. The Bertz CT molecular complexity index is 1150. The summed E-state index contributed by atoms with van der Waals surface area (Å²) in [7, 11) is 0. The Hall–Kier alpha value is -4.18. The summed E-state index contributed by atoms with van der Waals surface area (Å²) in [6, 6.07) is 35.2. The average Bonchev–Trinajstić information content (AvgIpc) is 2.87. The van der Waals surface area contributed by atoms with Crippen LogP contribution >= 0.6 is 0 Å². The van der Waals surface area contributed by atoms with Gasteiger partial charge in [0.15, 0.2) is 12.7 Å². The summed E-state index contributed by atoms with van der Waals surface area (Å²) < 4.78 is 11.1. The van der Waals surface area contributed by atoms with Gasteiger partial charge in [0.2, 0.25) is 5.78 Å². The molecule has 0 bridgehead atoms. The van der Waals surface area contributed by atoms with E-state index in [1.54, 1.807) is 60.7 Å². The van der Waals surface area contributed by atoms with Crippen molar-refractivity contribution in [3.63, 3.8) is 0 Å². The molecule has 0 aromatic heterocycles. The fraction of sp³-hybridized carbons (Fsp3) is 0.0714. The molecule has 1 unspecified atom stereocenters. The van der Waals surface area contributed by atoms with E-state index in [-0.39, 0.29) is 12.4 Å². The van der Waals surface area contributed by atoms with Gasteiger partial charge in [-0.2, -0.15) is 0 Å². The predicted molar refractivity (Wildman–Crippen MR) is 123 cm³/mol. The molecule has 158 valence electrons. The number of carbonyl (C=O) groups excluding carboxylic acids is 2. The number of esters is 1. The number of hydrogen-bond acceptors (Lipinski definition) is 4. The summed E-state index contributed by atoms with van der Waals surface area (Å²) >= 11 is 0. The molecule has 1 atom stereocenters. The standard InChI is InChI=1S/C28H22O4/c29-26(20-31-25-18-16-22(17-19-25)21-10-4-1-5-11-21)32-28(24-14-8-3-9-15-24)27(30)23-12-6-2-7-13-23/h1-19,28H,20H2. The Morgan fingerprint density at radius 3 is 1.78 bits per heavy atom. The molecule has 32 heavy (non-hydrogen) atoms. The number of ketones is 1. The number of Topliss-reactive ketones (excluding diaryl/α,β-unsaturated/α-hetero) is 1. The zero-order chi connectivity index (χ0) is 22.2. The van der Waals surface area contributed by atoms with E-state index in [2.05, 4.69) is 0 Å². The van der Waals surface area contributed by atoms with Crippen LogP contribution in [-0.2, 0) is 9.53 Å². The molecular formula is C28H22O4. The van der Waals surface area contributed by atoms with Crippen molar-refractivity contribution in [2.45, 2.75) is 6.10 Å². The first-order valence-corrected chi connectivity index (χ1v) is 10.3. The molecule has 0 aliphatic rings. The summed E-state index contributed by atoms with van der Waals surface area (Å²) in [6.07, 6.45) is -1.03. The van der Waals surface area contributed by atoms with Gasteiger partial charge in [0.25, 0.3) is 0 Å². The zero-order valence-electron chi connectivity index (χ0n) is 17.4. The lowest BCUT2D eigenvalue weighted by molar-refractivity contribution is -0.149. The highest BCUT2D eigenvalue weighted by Crippen LogP contribution is 2.24. The van der Waals surface area contributed by atoms with Gasteiger partial charge >= 0.3 is 5.97 Å². The Labute approximate surface area is 187 Å². The second-order valence-corrected chi connectivity index (χ2v) is 7.19. The van der Waals surface area contributed by atoms with Gasteiger partial charge in [0.05, 0.1) is 0 Å². The van der Waals surface area contributed by atoms with Crippen molar-refractivity contribution in [1.29, 1.82) is 0 Å². The topological polar surface area (TPSA) is 52.6 Å². The third kappa shape index (κ3) is 5.29. The smallest absolute Gasteiger partial charge is 0.345 e. The first kappa shape index (κ1) is 21.1. The third-order valence-corrected chi connectivity index (χ3v) is 4.97. The lowest BCUT2D eigenvalue weighted by atomic mass is 10.00. The SMILES string of the molecule is O=C(COc1ccc(-c2ccccc2)cc1)OC(C(=O)c1ccccc1)c1ccccc1. The van der Waals surface area contributed by atoms with Gasteiger partial charge in [-0.3, -0.25) is 4.79 Å². The number of rotatable bonds is 8. The molecule has 4 aromatic rings. The van der Waals surface area contributed by atoms with Gasteiger partial charge in [-0.1, -0.05) is 103 Å². The highest BCUT2D eigenvalue weighted by atomic mass is 16.6. The number of hydrogen-bond donors (Lipinski definition) is 0. The number of benzene rings is 4. The Balaban J connectivity index is 1.42. The maximum absolute atomic E-state index is 13.0. The molecule has 0 radical (unpaired) electrons. The van der Waals surface area contributed by atoms with Gasteiger partial charge in [0.1, 0.15) is 5.75 Å². The maximum Gasteiger partial charge on any atom is 0.345 e. The molecule has 0 heterocycles. The summed E-state index contributed by atoms with van der Waals surface area (Å²) in [6.45, 7) is -0.296. The summed E-state index contributed by atoms with van der Waals surface area (Å²) in [4.78, 5) is 25.5. The molecule has 0 saturated heterocycles. The fourth-order valence-electron chi connectivity index (χ4n) is 3.34. The molecule has 0 N–H and O–H groups in total. The normalized spacial score (nSPS) is 11.4. The molecule has 0 amide bonds. The van der Waals surface area contributed by atoms with Crippen LogP contribution in [0.3, 0.4) is 0 Å². The fourth-order valence-corrected chi connectivity index (χ4v) is 3.34. The highest BCUT2D eigenvalue weighted by molar-refractivity contribution is 6.01. The quantitative estimate of drug-likeness (QED) is 0.262. The second kappa shape index (κ2) is 10.2. The average molecular weight is 422 g/mol. The van der Waals surface area contributed by atoms with Crippen molar-refractivity contribution in [3.05, 3.63) is 126 Å². The van der Waals surface area contributed by atoms with Crippen molar-refractivity contribution in [2.24, 2.45) is 0 Å². The van der Waals surface area contributed by atoms with Gasteiger partial charge in [-0.25, -0.2) is 4.79 Å². The van der Waals surface area contributed by atoms with Crippen LogP contribution in [0.2, 0.25) is 0 Å². The van der Waals surface area contributed by atoms with Crippen LogP contribution in [-0.4, -0.2) is 18.4 Å². The van der Waals surface area contributed by atoms with Crippen molar-refractivity contribution in [3.8, 4) is 16.9 Å². The molecule has 4 nitrogen and oxygen atoms in total. The van der Waals surface area contributed by atoms with Gasteiger partial charge in [0, 0.05) is 11.1 Å². The first-order chi connectivity index (χ1) is 15.7. The molecule has 4 rings (SSSR count). The van der Waals surface area contributed by atoms with Gasteiger partial charge < -0.3 is 9.47 Å². The number of carbonyl (C=O) groups is 2. The summed E-state index contributed by atoms with van der Waals surface area (Å²) in [5.41, 5.74) is 3.25. The van der Waals surface area contributed by atoms with Crippen molar-refractivity contribution in [2.75, 3.05) is 6.61 Å². The first-order valence-electron chi connectivity index (χ1n) is 10.3. The Kier molecular flexibility index (Phi) is 6.73. The Morgan fingerprint density at radius 2 is 1.16 bits per heavy atom. The molecule has 0 aliphatic carbocycles. The molecule has 0 spiro atoms. The van der Waals surface area contributed by atoms with E-state index < -0.39 is 12.1 Å².